The topological polar surface area (TPSA) is 9.72 Å². The average Bonchev–Trinajstić information content (AvgIpc) is 3.15. The minimum Gasteiger partial charge on any atom is -0.371 e. The molecule has 0 radical (unpaired) electrons. The fourth-order valence-electron chi connectivity index (χ4n) is 7.50. The standard InChI is InChI=1S/C44H45N3S/c1-3-46(35-14-8-5-9-15-35)37-22-18-33(19-23-37)44(34-20-24-38(25-21-34)47(4-2)36-16-10-6-11-17-36)41-28-29-43(45-30-12-7-13-31-45)42-32-39(48)26-27-40(41)42/h5-6,8-11,14-29,32,44,48H,3-4,7,12-13,30-31H2,1-2H3. The van der Waals surface area contributed by atoms with Crippen LogP contribution in [0.5, 0.6) is 0 Å². The minimum atomic E-state index is 0.0652. The molecule has 0 spiro atoms. The first kappa shape index (κ1) is 31.9. The predicted octanol–water partition coefficient (Wildman–Crippen LogP) is 11.6. The molecule has 0 unspecified atom stereocenters. The van der Waals surface area contributed by atoms with Crippen LogP contribution >= 0.6 is 12.6 Å². The summed E-state index contributed by atoms with van der Waals surface area (Å²) in [6.07, 6.45) is 3.82. The predicted molar refractivity (Wildman–Crippen MR) is 209 cm³/mol. The zero-order valence-electron chi connectivity index (χ0n) is 28.1. The normalized spacial score (nSPS) is 13.2. The molecule has 4 heteroatoms. The van der Waals surface area contributed by atoms with Crippen molar-refractivity contribution in [3.63, 3.8) is 0 Å². The Balaban J connectivity index is 1.34. The molecule has 1 aliphatic heterocycles. The van der Waals surface area contributed by atoms with Crippen molar-refractivity contribution in [3.8, 4) is 0 Å². The van der Waals surface area contributed by atoms with Gasteiger partial charge in [0, 0.05) is 70.8 Å². The van der Waals surface area contributed by atoms with Crippen molar-refractivity contribution in [1.29, 1.82) is 0 Å². The summed E-state index contributed by atoms with van der Waals surface area (Å²) >= 11 is 4.81. The second-order valence-electron chi connectivity index (χ2n) is 12.7. The van der Waals surface area contributed by atoms with Crippen LogP contribution in [0.2, 0.25) is 0 Å². The molecule has 0 N–H and O–H groups in total. The molecule has 7 rings (SSSR count). The van der Waals surface area contributed by atoms with E-state index >= 15 is 0 Å². The molecular weight excluding hydrogens is 603 g/mol. The molecular formula is C44H45N3S. The van der Waals surface area contributed by atoms with Crippen LogP contribution in [0.25, 0.3) is 10.8 Å². The number of hydrogen-bond acceptors (Lipinski definition) is 4. The Morgan fingerprint density at radius 3 is 1.54 bits per heavy atom. The highest BCUT2D eigenvalue weighted by molar-refractivity contribution is 7.80. The Hall–Kier alpha value is -4.67. The van der Waals surface area contributed by atoms with E-state index in [1.165, 1.54) is 75.2 Å². The van der Waals surface area contributed by atoms with Crippen molar-refractivity contribution in [3.05, 3.63) is 156 Å². The van der Waals surface area contributed by atoms with Crippen molar-refractivity contribution < 1.29 is 0 Å². The van der Waals surface area contributed by atoms with Gasteiger partial charge in [-0.1, -0.05) is 72.8 Å². The number of nitrogens with zero attached hydrogens (tertiary/aromatic N) is 3. The van der Waals surface area contributed by atoms with Gasteiger partial charge in [-0.3, -0.25) is 0 Å². The van der Waals surface area contributed by atoms with Gasteiger partial charge in [0.05, 0.1) is 0 Å². The van der Waals surface area contributed by atoms with Crippen LogP contribution in [-0.2, 0) is 0 Å². The highest BCUT2D eigenvalue weighted by Crippen LogP contribution is 2.42. The van der Waals surface area contributed by atoms with E-state index in [0.29, 0.717) is 0 Å². The Bertz CT molecular complexity index is 1840. The maximum absolute atomic E-state index is 4.81. The smallest absolute Gasteiger partial charge is 0.0446 e. The van der Waals surface area contributed by atoms with Crippen LogP contribution in [0.1, 0.15) is 55.7 Å². The number of para-hydroxylation sites is 2. The lowest BCUT2D eigenvalue weighted by Gasteiger charge is -2.31. The van der Waals surface area contributed by atoms with Gasteiger partial charge in [0.1, 0.15) is 0 Å². The number of anilines is 5. The van der Waals surface area contributed by atoms with Gasteiger partial charge in [-0.15, -0.1) is 12.6 Å². The highest BCUT2D eigenvalue weighted by Gasteiger charge is 2.23. The SMILES string of the molecule is CCN(c1ccccc1)c1ccc(C(c2ccc(N(CC)c3ccccc3)cc2)c2ccc(N3CCCCC3)c3cc(S)ccc23)cc1. The second-order valence-corrected chi connectivity index (χ2v) is 13.2. The fourth-order valence-corrected chi connectivity index (χ4v) is 7.70. The van der Waals surface area contributed by atoms with Gasteiger partial charge >= 0.3 is 0 Å². The van der Waals surface area contributed by atoms with Crippen molar-refractivity contribution in [2.24, 2.45) is 0 Å². The molecule has 3 nitrogen and oxygen atoms in total. The molecule has 0 atom stereocenters. The van der Waals surface area contributed by atoms with Crippen LogP contribution in [0.3, 0.4) is 0 Å². The van der Waals surface area contributed by atoms with E-state index < -0.39 is 0 Å². The number of thiol groups is 1. The summed E-state index contributed by atoms with van der Waals surface area (Å²) < 4.78 is 0. The van der Waals surface area contributed by atoms with Gasteiger partial charge in [0.15, 0.2) is 0 Å². The third-order valence-corrected chi connectivity index (χ3v) is 10.1. The summed E-state index contributed by atoms with van der Waals surface area (Å²) in [5.74, 6) is 0.0652. The van der Waals surface area contributed by atoms with Crippen LogP contribution in [0.15, 0.2) is 144 Å². The molecule has 0 amide bonds. The zero-order valence-corrected chi connectivity index (χ0v) is 29.0. The number of benzene rings is 6. The van der Waals surface area contributed by atoms with Gasteiger partial charge in [-0.25, -0.2) is 0 Å². The zero-order chi connectivity index (χ0) is 32.9. The van der Waals surface area contributed by atoms with Crippen molar-refractivity contribution in [1.82, 2.24) is 0 Å². The minimum absolute atomic E-state index is 0.0652. The Morgan fingerprint density at radius 1 is 0.542 bits per heavy atom. The van der Waals surface area contributed by atoms with Crippen LogP contribution < -0.4 is 14.7 Å². The van der Waals surface area contributed by atoms with E-state index in [4.69, 9.17) is 12.6 Å². The molecule has 0 aliphatic carbocycles. The summed E-state index contributed by atoms with van der Waals surface area (Å²) in [4.78, 5) is 8.32. The maximum Gasteiger partial charge on any atom is 0.0446 e. The van der Waals surface area contributed by atoms with Crippen molar-refractivity contribution in [2.75, 3.05) is 40.9 Å². The van der Waals surface area contributed by atoms with Crippen LogP contribution in [-0.4, -0.2) is 26.2 Å². The number of hydrogen-bond donors (Lipinski definition) is 1. The first-order valence-corrected chi connectivity index (χ1v) is 17.9. The third kappa shape index (κ3) is 6.55. The van der Waals surface area contributed by atoms with Gasteiger partial charge in [-0.05, 0) is 122 Å². The van der Waals surface area contributed by atoms with Crippen LogP contribution in [0, 0.1) is 0 Å². The second kappa shape index (κ2) is 14.6. The summed E-state index contributed by atoms with van der Waals surface area (Å²) in [5, 5.41) is 2.59. The first-order chi connectivity index (χ1) is 23.6. The Kier molecular flexibility index (Phi) is 9.72. The largest absolute Gasteiger partial charge is 0.371 e. The molecule has 242 valence electrons. The maximum atomic E-state index is 4.81. The molecule has 1 saturated heterocycles. The number of rotatable bonds is 10. The van der Waals surface area contributed by atoms with Gasteiger partial charge in [-0.2, -0.15) is 0 Å². The number of fused-ring (bicyclic) bond motifs is 1. The van der Waals surface area contributed by atoms with Crippen molar-refractivity contribution in [2.45, 2.75) is 43.9 Å². The summed E-state index contributed by atoms with van der Waals surface area (Å²) in [5.41, 5.74) is 10.0. The van der Waals surface area contributed by atoms with Crippen LogP contribution in [0.4, 0.5) is 28.4 Å². The first-order valence-electron chi connectivity index (χ1n) is 17.5. The van der Waals surface area contributed by atoms with Crippen molar-refractivity contribution >= 4 is 51.8 Å². The molecule has 0 aromatic heterocycles. The lowest BCUT2D eigenvalue weighted by Crippen LogP contribution is -2.29. The molecule has 1 aliphatic rings. The summed E-state index contributed by atoms with van der Waals surface area (Å²) in [6.45, 7) is 8.46. The van der Waals surface area contributed by atoms with E-state index in [-0.39, 0.29) is 5.92 Å². The van der Waals surface area contributed by atoms with Gasteiger partial charge in [0.25, 0.3) is 0 Å². The lowest BCUT2D eigenvalue weighted by atomic mass is 9.82. The highest BCUT2D eigenvalue weighted by atomic mass is 32.1. The summed E-state index contributed by atoms with van der Waals surface area (Å²) in [6, 6.07) is 51.3. The molecule has 1 fully saturated rings. The fraction of sp³-hybridized carbons (Fsp3) is 0.227. The third-order valence-electron chi connectivity index (χ3n) is 9.86. The average molecular weight is 648 g/mol. The Labute approximate surface area is 291 Å². The van der Waals surface area contributed by atoms with E-state index in [1.807, 2.05) is 0 Å². The van der Waals surface area contributed by atoms with E-state index in [2.05, 4.69) is 168 Å². The molecule has 6 aromatic rings. The van der Waals surface area contributed by atoms with Gasteiger partial charge in [0.2, 0.25) is 0 Å². The molecule has 48 heavy (non-hydrogen) atoms. The quantitative estimate of drug-likeness (QED) is 0.117. The van der Waals surface area contributed by atoms with E-state index in [0.717, 1.165) is 31.1 Å². The monoisotopic (exact) mass is 647 g/mol. The molecule has 0 bridgehead atoms. The summed E-state index contributed by atoms with van der Waals surface area (Å²) in [7, 11) is 0. The molecule has 6 aromatic carbocycles. The van der Waals surface area contributed by atoms with Gasteiger partial charge < -0.3 is 14.7 Å². The molecule has 1 heterocycles. The lowest BCUT2D eigenvalue weighted by molar-refractivity contribution is 0.579. The van der Waals surface area contributed by atoms with E-state index in [1.54, 1.807) is 0 Å². The Morgan fingerprint density at radius 2 is 1.04 bits per heavy atom. The number of piperidine rings is 1. The van der Waals surface area contributed by atoms with E-state index in [9.17, 15) is 0 Å². The molecule has 0 saturated carbocycles.